The van der Waals surface area contributed by atoms with Crippen molar-refractivity contribution < 1.29 is 14.3 Å². The van der Waals surface area contributed by atoms with Crippen LogP contribution in [0.25, 0.3) is 10.9 Å². The Morgan fingerprint density at radius 2 is 1.83 bits per heavy atom. The molecule has 0 saturated carbocycles. The Balaban J connectivity index is 2.14. The van der Waals surface area contributed by atoms with E-state index in [9.17, 15) is 9.59 Å². The van der Waals surface area contributed by atoms with Crippen molar-refractivity contribution >= 4 is 28.3 Å². The largest absolute Gasteiger partial charge is 0.462 e. The molecule has 0 aliphatic rings. The summed E-state index contributed by atoms with van der Waals surface area (Å²) in [6.45, 7) is 2.01. The summed E-state index contributed by atoms with van der Waals surface area (Å²) < 4.78 is 5.05. The van der Waals surface area contributed by atoms with Crippen molar-refractivity contribution in [2.24, 2.45) is 0 Å². The molecule has 0 radical (unpaired) electrons. The third-order valence-corrected chi connectivity index (χ3v) is 3.62. The van der Waals surface area contributed by atoms with Gasteiger partial charge in [-0.05, 0) is 19.1 Å². The van der Waals surface area contributed by atoms with Crippen LogP contribution in [-0.2, 0) is 4.74 Å². The van der Waals surface area contributed by atoms with E-state index in [4.69, 9.17) is 10.5 Å². The SMILES string of the molecule is CCOC(=O)c1cccc2[nH]c(C(=O)c3ccccc3)c(N)c12. The highest BCUT2D eigenvalue weighted by molar-refractivity contribution is 6.19. The number of benzene rings is 2. The normalized spacial score (nSPS) is 10.7. The zero-order chi connectivity index (χ0) is 16.4. The number of anilines is 1. The van der Waals surface area contributed by atoms with Gasteiger partial charge in [-0.2, -0.15) is 0 Å². The minimum atomic E-state index is -0.456. The minimum Gasteiger partial charge on any atom is -0.462 e. The van der Waals surface area contributed by atoms with Crippen molar-refractivity contribution in [2.45, 2.75) is 6.92 Å². The Morgan fingerprint density at radius 3 is 2.52 bits per heavy atom. The smallest absolute Gasteiger partial charge is 0.338 e. The van der Waals surface area contributed by atoms with Crippen molar-refractivity contribution in [1.29, 1.82) is 0 Å². The summed E-state index contributed by atoms with van der Waals surface area (Å²) in [5.41, 5.74) is 8.21. The summed E-state index contributed by atoms with van der Waals surface area (Å²) >= 11 is 0. The van der Waals surface area contributed by atoms with Crippen LogP contribution >= 0.6 is 0 Å². The molecule has 116 valence electrons. The van der Waals surface area contributed by atoms with Crippen LogP contribution in [0, 0.1) is 0 Å². The van der Waals surface area contributed by atoms with Crippen LogP contribution in [0.15, 0.2) is 48.5 Å². The van der Waals surface area contributed by atoms with E-state index in [1.54, 1.807) is 49.4 Å². The molecule has 0 atom stereocenters. The lowest BCUT2D eigenvalue weighted by Crippen LogP contribution is -2.07. The van der Waals surface area contributed by atoms with Crippen LogP contribution in [-0.4, -0.2) is 23.3 Å². The molecule has 3 aromatic rings. The van der Waals surface area contributed by atoms with E-state index in [0.717, 1.165) is 0 Å². The van der Waals surface area contributed by atoms with E-state index < -0.39 is 5.97 Å². The van der Waals surface area contributed by atoms with Gasteiger partial charge in [0, 0.05) is 16.5 Å². The van der Waals surface area contributed by atoms with Gasteiger partial charge in [0.05, 0.1) is 17.9 Å². The quantitative estimate of drug-likeness (QED) is 0.572. The fourth-order valence-electron chi connectivity index (χ4n) is 2.57. The first-order valence-electron chi connectivity index (χ1n) is 7.30. The molecule has 0 amide bonds. The molecule has 3 rings (SSSR count). The monoisotopic (exact) mass is 308 g/mol. The van der Waals surface area contributed by atoms with Gasteiger partial charge >= 0.3 is 5.97 Å². The van der Waals surface area contributed by atoms with E-state index in [1.165, 1.54) is 0 Å². The van der Waals surface area contributed by atoms with Gasteiger partial charge in [0.1, 0.15) is 5.69 Å². The topological polar surface area (TPSA) is 85.2 Å². The summed E-state index contributed by atoms with van der Waals surface area (Å²) in [5, 5.41) is 0.519. The standard InChI is InChI=1S/C18H16N2O3/c1-2-23-18(22)12-9-6-10-13-14(12)15(19)16(20-13)17(21)11-7-4-3-5-8-11/h3-10,20H,2,19H2,1H3. The highest BCUT2D eigenvalue weighted by atomic mass is 16.5. The number of esters is 1. The number of nitrogens with one attached hydrogen (secondary N) is 1. The molecule has 0 aliphatic carbocycles. The lowest BCUT2D eigenvalue weighted by molar-refractivity contribution is 0.0528. The van der Waals surface area contributed by atoms with Crippen LogP contribution in [0.2, 0.25) is 0 Å². The van der Waals surface area contributed by atoms with Crippen LogP contribution in [0.4, 0.5) is 5.69 Å². The lowest BCUT2D eigenvalue weighted by Gasteiger charge is -2.04. The third-order valence-electron chi connectivity index (χ3n) is 3.62. The molecule has 0 aliphatic heterocycles. The summed E-state index contributed by atoms with van der Waals surface area (Å²) in [7, 11) is 0. The molecule has 5 nitrogen and oxygen atoms in total. The number of H-pyrrole nitrogens is 1. The van der Waals surface area contributed by atoms with E-state index in [2.05, 4.69) is 4.98 Å². The average molecular weight is 308 g/mol. The van der Waals surface area contributed by atoms with Gasteiger partial charge in [-0.25, -0.2) is 4.79 Å². The molecule has 23 heavy (non-hydrogen) atoms. The van der Waals surface area contributed by atoms with E-state index in [0.29, 0.717) is 22.0 Å². The number of hydrogen-bond donors (Lipinski definition) is 2. The number of ketones is 1. The second kappa shape index (κ2) is 5.96. The molecule has 1 aromatic heterocycles. The number of carbonyl (C=O) groups is 2. The Morgan fingerprint density at radius 1 is 1.09 bits per heavy atom. The number of aromatic amines is 1. The summed E-state index contributed by atoms with van der Waals surface area (Å²) in [6, 6.07) is 14.0. The fourth-order valence-corrected chi connectivity index (χ4v) is 2.57. The number of nitrogens with two attached hydrogens (primary N) is 1. The fraction of sp³-hybridized carbons (Fsp3) is 0.111. The van der Waals surface area contributed by atoms with Crippen molar-refractivity contribution in [3.8, 4) is 0 Å². The summed E-state index contributed by atoms with van der Waals surface area (Å²) in [6.07, 6.45) is 0. The molecule has 0 saturated heterocycles. The van der Waals surface area contributed by atoms with Crippen molar-refractivity contribution in [3.63, 3.8) is 0 Å². The van der Waals surface area contributed by atoms with E-state index in [-0.39, 0.29) is 23.8 Å². The van der Waals surface area contributed by atoms with Crippen molar-refractivity contribution in [3.05, 3.63) is 65.4 Å². The molecule has 0 spiro atoms. The highest BCUT2D eigenvalue weighted by Gasteiger charge is 2.21. The number of fused-ring (bicyclic) bond motifs is 1. The zero-order valence-electron chi connectivity index (χ0n) is 12.6. The molecular weight excluding hydrogens is 292 g/mol. The molecule has 2 aromatic carbocycles. The number of ether oxygens (including phenoxy) is 1. The van der Waals surface area contributed by atoms with Crippen LogP contribution in [0.5, 0.6) is 0 Å². The van der Waals surface area contributed by atoms with Gasteiger partial charge in [-0.1, -0.05) is 36.4 Å². The third kappa shape index (κ3) is 2.57. The first-order valence-corrected chi connectivity index (χ1v) is 7.30. The second-order valence-electron chi connectivity index (χ2n) is 5.06. The van der Waals surface area contributed by atoms with Crippen molar-refractivity contribution in [1.82, 2.24) is 4.98 Å². The van der Waals surface area contributed by atoms with Gasteiger partial charge in [-0.15, -0.1) is 0 Å². The molecule has 0 unspecified atom stereocenters. The van der Waals surface area contributed by atoms with Gasteiger partial charge in [0.25, 0.3) is 0 Å². The highest BCUT2D eigenvalue weighted by Crippen LogP contribution is 2.30. The first-order chi connectivity index (χ1) is 11.1. The first kappa shape index (κ1) is 14.8. The Bertz CT molecular complexity index is 882. The van der Waals surface area contributed by atoms with Crippen LogP contribution < -0.4 is 5.73 Å². The zero-order valence-corrected chi connectivity index (χ0v) is 12.6. The lowest BCUT2D eigenvalue weighted by atomic mass is 10.1. The van der Waals surface area contributed by atoms with Gasteiger partial charge in [-0.3, -0.25) is 4.79 Å². The summed E-state index contributed by atoms with van der Waals surface area (Å²) in [5.74, 6) is -0.670. The predicted molar refractivity (Wildman–Crippen MR) is 88.5 cm³/mol. The number of nitrogen functional groups attached to an aromatic ring is 1. The molecule has 0 bridgehead atoms. The van der Waals surface area contributed by atoms with Crippen LogP contribution in [0.3, 0.4) is 0 Å². The average Bonchev–Trinajstić information content (AvgIpc) is 2.92. The van der Waals surface area contributed by atoms with Crippen molar-refractivity contribution in [2.75, 3.05) is 12.3 Å². The minimum absolute atomic E-state index is 0.214. The maximum Gasteiger partial charge on any atom is 0.338 e. The number of aromatic nitrogens is 1. The Hall–Kier alpha value is -3.08. The molecule has 5 heteroatoms. The van der Waals surface area contributed by atoms with Gasteiger partial charge in [0.15, 0.2) is 0 Å². The number of rotatable bonds is 4. The number of carbonyl (C=O) groups excluding carboxylic acids is 2. The van der Waals surface area contributed by atoms with Gasteiger partial charge < -0.3 is 15.5 Å². The molecule has 0 fully saturated rings. The predicted octanol–water partition coefficient (Wildman–Crippen LogP) is 3.16. The second-order valence-corrected chi connectivity index (χ2v) is 5.06. The van der Waals surface area contributed by atoms with E-state index in [1.807, 2.05) is 6.07 Å². The Kier molecular flexibility index (Phi) is 3.85. The molecular formula is C18H16N2O3. The molecule has 3 N–H and O–H groups in total. The van der Waals surface area contributed by atoms with Gasteiger partial charge in [0.2, 0.25) is 5.78 Å². The van der Waals surface area contributed by atoms with E-state index >= 15 is 0 Å². The maximum absolute atomic E-state index is 12.6. The Labute approximate surface area is 133 Å². The number of hydrogen-bond acceptors (Lipinski definition) is 4. The molecule has 1 heterocycles. The summed E-state index contributed by atoms with van der Waals surface area (Å²) in [4.78, 5) is 27.7. The van der Waals surface area contributed by atoms with Crippen LogP contribution in [0.1, 0.15) is 33.3 Å². The maximum atomic E-state index is 12.6.